The zero-order valence-corrected chi connectivity index (χ0v) is 14.5. The molecular weight excluding hydrogens is 318 g/mol. The average molecular weight is 344 g/mol. The van der Waals surface area contributed by atoms with Crippen LogP contribution in [0.25, 0.3) is 0 Å². The summed E-state index contributed by atoms with van der Waals surface area (Å²) in [5.41, 5.74) is 1.30. The SMILES string of the molecule is CCCOCCOc1ccc(Br)c(CNC(C)(C)C)c1. The third kappa shape index (κ3) is 7.27. The molecule has 1 rings (SSSR count). The largest absolute Gasteiger partial charge is 0.491 e. The molecule has 0 aliphatic carbocycles. The molecule has 0 spiro atoms. The van der Waals surface area contributed by atoms with Gasteiger partial charge in [0.15, 0.2) is 0 Å². The van der Waals surface area contributed by atoms with Crippen LogP contribution in [0.3, 0.4) is 0 Å². The molecule has 0 amide bonds. The van der Waals surface area contributed by atoms with Gasteiger partial charge in [0.05, 0.1) is 6.61 Å². The Morgan fingerprint density at radius 1 is 1.15 bits per heavy atom. The van der Waals surface area contributed by atoms with Crippen LogP contribution in [0.4, 0.5) is 0 Å². The van der Waals surface area contributed by atoms with E-state index >= 15 is 0 Å². The van der Waals surface area contributed by atoms with Gasteiger partial charge >= 0.3 is 0 Å². The van der Waals surface area contributed by atoms with Crippen molar-refractivity contribution in [1.29, 1.82) is 0 Å². The van der Waals surface area contributed by atoms with Gasteiger partial charge < -0.3 is 14.8 Å². The fourth-order valence-electron chi connectivity index (χ4n) is 1.60. The van der Waals surface area contributed by atoms with Gasteiger partial charge in [-0.3, -0.25) is 0 Å². The van der Waals surface area contributed by atoms with Crippen LogP contribution in [-0.2, 0) is 11.3 Å². The van der Waals surface area contributed by atoms with Crippen molar-refractivity contribution >= 4 is 15.9 Å². The Morgan fingerprint density at radius 2 is 1.90 bits per heavy atom. The van der Waals surface area contributed by atoms with E-state index < -0.39 is 0 Å². The number of rotatable bonds is 8. The molecule has 1 aromatic carbocycles. The van der Waals surface area contributed by atoms with Gasteiger partial charge in [-0.1, -0.05) is 22.9 Å². The van der Waals surface area contributed by atoms with E-state index in [1.165, 1.54) is 5.56 Å². The first kappa shape index (κ1) is 17.5. The summed E-state index contributed by atoms with van der Waals surface area (Å²) in [7, 11) is 0. The Labute approximate surface area is 131 Å². The van der Waals surface area contributed by atoms with Crippen LogP contribution < -0.4 is 10.1 Å². The van der Waals surface area contributed by atoms with Crippen molar-refractivity contribution in [2.45, 2.75) is 46.2 Å². The average Bonchev–Trinajstić information content (AvgIpc) is 2.38. The van der Waals surface area contributed by atoms with Crippen LogP contribution in [0, 0.1) is 0 Å². The second-order valence-corrected chi connectivity index (χ2v) is 6.67. The second-order valence-electron chi connectivity index (χ2n) is 5.82. The number of halogens is 1. The standard InChI is InChI=1S/C16H26BrNO2/c1-5-8-19-9-10-20-14-6-7-15(17)13(11-14)12-18-16(2,3)4/h6-7,11,18H,5,8-10,12H2,1-4H3. The van der Waals surface area contributed by atoms with Crippen molar-refractivity contribution in [2.24, 2.45) is 0 Å². The van der Waals surface area contributed by atoms with E-state index in [2.05, 4.69) is 55.0 Å². The molecule has 1 aromatic rings. The third-order valence-corrected chi connectivity index (χ3v) is 3.44. The molecule has 0 radical (unpaired) electrons. The van der Waals surface area contributed by atoms with Gasteiger partial charge in [0.1, 0.15) is 12.4 Å². The maximum atomic E-state index is 5.71. The molecule has 0 heterocycles. The van der Waals surface area contributed by atoms with Crippen LogP contribution >= 0.6 is 15.9 Å². The Balaban J connectivity index is 2.48. The molecule has 0 unspecified atom stereocenters. The molecule has 3 nitrogen and oxygen atoms in total. The fourth-order valence-corrected chi connectivity index (χ4v) is 1.99. The van der Waals surface area contributed by atoms with E-state index in [0.29, 0.717) is 13.2 Å². The summed E-state index contributed by atoms with van der Waals surface area (Å²) in [6.45, 7) is 11.4. The summed E-state index contributed by atoms with van der Waals surface area (Å²) in [5, 5.41) is 3.48. The predicted molar refractivity (Wildman–Crippen MR) is 87.3 cm³/mol. The molecule has 0 fully saturated rings. The topological polar surface area (TPSA) is 30.5 Å². The van der Waals surface area contributed by atoms with Crippen molar-refractivity contribution in [2.75, 3.05) is 19.8 Å². The first-order valence-electron chi connectivity index (χ1n) is 7.16. The molecule has 0 aliphatic rings. The van der Waals surface area contributed by atoms with Crippen LogP contribution in [0.2, 0.25) is 0 Å². The van der Waals surface area contributed by atoms with Crippen molar-refractivity contribution < 1.29 is 9.47 Å². The molecule has 0 saturated carbocycles. The van der Waals surface area contributed by atoms with Crippen molar-refractivity contribution in [1.82, 2.24) is 5.32 Å². The summed E-state index contributed by atoms with van der Waals surface area (Å²) in [6.07, 6.45) is 1.04. The number of ether oxygens (including phenoxy) is 2. The number of benzene rings is 1. The Kier molecular flexibility index (Phi) is 7.56. The lowest BCUT2D eigenvalue weighted by molar-refractivity contribution is 0.101. The molecule has 0 aliphatic heterocycles. The van der Waals surface area contributed by atoms with Crippen LogP contribution in [0.15, 0.2) is 22.7 Å². The molecular formula is C16H26BrNO2. The molecule has 0 aromatic heterocycles. The van der Waals surface area contributed by atoms with E-state index in [9.17, 15) is 0 Å². The summed E-state index contributed by atoms with van der Waals surface area (Å²) < 4.78 is 12.2. The fraction of sp³-hybridized carbons (Fsp3) is 0.625. The van der Waals surface area contributed by atoms with Gasteiger partial charge in [0, 0.05) is 23.2 Å². The summed E-state index contributed by atoms with van der Waals surface area (Å²) >= 11 is 3.58. The van der Waals surface area contributed by atoms with Crippen molar-refractivity contribution in [3.63, 3.8) is 0 Å². The quantitative estimate of drug-likeness (QED) is 0.719. The number of hydrogen-bond donors (Lipinski definition) is 1. The van der Waals surface area contributed by atoms with Crippen LogP contribution in [0.1, 0.15) is 39.7 Å². The van der Waals surface area contributed by atoms with Gasteiger partial charge in [0.2, 0.25) is 0 Å². The van der Waals surface area contributed by atoms with E-state index in [1.54, 1.807) is 0 Å². The summed E-state index contributed by atoms with van der Waals surface area (Å²) in [4.78, 5) is 0. The van der Waals surface area contributed by atoms with Gasteiger partial charge in [-0.15, -0.1) is 0 Å². The maximum Gasteiger partial charge on any atom is 0.119 e. The van der Waals surface area contributed by atoms with Crippen LogP contribution in [-0.4, -0.2) is 25.4 Å². The minimum Gasteiger partial charge on any atom is -0.491 e. The predicted octanol–water partition coefficient (Wildman–Crippen LogP) is 4.14. The lowest BCUT2D eigenvalue weighted by Crippen LogP contribution is -2.35. The smallest absolute Gasteiger partial charge is 0.119 e. The van der Waals surface area contributed by atoms with Crippen LogP contribution in [0.5, 0.6) is 5.75 Å². The third-order valence-electron chi connectivity index (χ3n) is 2.67. The molecule has 0 atom stereocenters. The highest BCUT2D eigenvalue weighted by atomic mass is 79.9. The summed E-state index contributed by atoms with van der Waals surface area (Å²) in [5.74, 6) is 0.888. The molecule has 0 bridgehead atoms. The highest BCUT2D eigenvalue weighted by Crippen LogP contribution is 2.23. The minimum atomic E-state index is 0.101. The van der Waals surface area contributed by atoms with Gasteiger partial charge in [-0.25, -0.2) is 0 Å². The minimum absolute atomic E-state index is 0.101. The highest BCUT2D eigenvalue weighted by molar-refractivity contribution is 9.10. The van der Waals surface area contributed by atoms with Gasteiger partial charge in [-0.05, 0) is 51.0 Å². The zero-order valence-electron chi connectivity index (χ0n) is 13.0. The van der Waals surface area contributed by atoms with E-state index in [0.717, 1.165) is 29.8 Å². The van der Waals surface area contributed by atoms with E-state index in [1.807, 2.05) is 12.1 Å². The monoisotopic (exact) mass is 343 g/mol. The normalized spacial score (nSPS) is 11.7. The maximum absolute atomic E-state index is 5.71. The molecule has 114 valence electrons. The molecule has 1 N–H and O–H groups in total. The van der Waals surface area contributed by atoms with Crippen molar-refractivity contribution in [3.8, 4) is 5.75 Å². The molecule has 4 heteroatoms. The number of hydrogen-bond acceptors (Lipinski definition) is 3. The Hall–Kier alpha value is -0.580. The lowest BCUT2D eigenvalue weighted by atomic mass is 10.1. The number of nitrogens with one attached hydrogen (secondary N) is 1. The van der Waals surface area contributed by atoms with Crippen molar-refractivity contribution in [3.05, 3.63) is 28.2 Å². The van der Waals surface area contributed by atoms with Gasteiger partial charge in [0.25, 0.3) is 0 Å². The second kappa shape index (κ2) is 8.65. The van der Waals surface area contributed by atoms with E-state index in [4.69, 9.17) is 9.47 Å². The Morgan fingerprint density at radius 3 is 2.55 bits per heavy atom. The molecule has 0 saturated heterocycles. The summed E-state index contributed by atoms with van der Waals surface area (Å²) in [6, 6.07) is 6.08. The first-order chi connectivity index (χ1) is 9.42. The van der Waals surface area contributed by atoms with E-state index in [-0.39, 0.29) is 5.54 Å². The first-order valence-corrected chi connectivity index (χ1v) is 7.95. The zero-order chi connectivity index (χ0) is 15.0. The van der Waals surface area contributed by atoms with Gasteiger partial charge in [-0.2, -0.15) is 0 Å². The lowest BCUT2D eigenvalue weighted by Gasteiger charge is -2.21. The molecule has 20 heavy (non-hydrogen) atoms. The Bertz CT molecular complexity index is 402. The highest BCUT2D eigenvalue weighted by Gasteiger charge is 2.10.